The first-order valence-electron chi connectivity index (χ1n) is 6.98. The number of sulfone groups is 1. The summed E-state index contributed by atoms with van der Waals surface area (Å²) in [5.41, 5.74) is 0.717. The molecule has 3 heteroatoms. The Balaban J connectivity index is 2.78. The molecule has 0 bridgehead atoms. The zero-order valence-corrected chi connectivity index (χ0v) is 13.1. The lowest BCUT2D eigenvalue weighted by molar-refractivity contribution is 0.108. The van der Waals surface area contributed by atoms with E-state index in [9.17, 15) is 8.42 Å². The van der Waals surface area contributed by atoms with E-state index >= 15 is 0 Å². The van der Waals surface area contributed by atoms with Gasteiger partial charge in [0.15, 0.2) is 9.84 Å². The molecule has 1 saturated carbocycles. The SMILES string of the molecule is C[C@H]1CCCC(C)(C)[C@]1(c1ccccc1)S(C)(=O)=O. The van der Waals surface area contributed by atoms with E-state index in [4.69, 9.17) is 0 Å². The van der Waals surface area contributed by atoms with Crippen molar-refractivity contribution in [1.82, 2.24) is 0 Å². The number of hydrogen-bond acceptors (Lipinski definition) is 2. The van der Waals surface area contributed by atoms with Crippen molar-refractivity contribution < 1.29 is 8.42 Å². The van der Waals surface area contributed by atoms with Crippen LogP contribution in [0.1, 0.15) is 45.6 Å². The number of benzene rings is 1. The van der Waals surface area contributed by atoms with E-state index in [1.807, 2.05) is 30.3 Å². The van der Waals surface area contributed by atoms with E-state index < -0.39 is 14.6 Å². The van der Waals surface area contributed by atoms with Crippen molar-refractivity contribution >= 4 is 9.84 Å². The van der Waals surface area contributed by atoms with Crippen LogP contribution < -0.4 is 0 Å². The molecule has 0 N–H and O–H groups in total. The Bertz CT molecular complexity index is 545. The fraction of sp³-hybridized carbons (Fsp3) is 0.625. The average molecular weight is 280 g/mol. The molecule has 2 rings (SSSR count). The Labute approximate surface area is 117 Å². The Hall–Kier alpha value is -0.830. The maximum absolute atomic E-state index is 12.7. The molecule has 0 aliphatic heterocycles. The van der Waals surface area contributed by atoms with Crippen LogP contribution in [0, 0.1) is 11.3 Å². The summed E-state index contributed by atoms with van der Waals surface area (Å²) in [5, 5.41) is 0. The van der Waals surface area contributed by atoms with E-state index in [1.54, 1.807) is 0 Å². The Morgan fingerprint density at radius 2 is 1.74 bits per heavy atom. The molecule has 0 amide bonds. The van der Waals surface area contributed by atoms with Crippen LogP contribution in [0.3, 0.4) is 0 Å². The lowest BCUT2D eigenvalue weighted by atomic mass is 9.61. The summed E-state index contributed by atoms with van der Waals surface area (Å²) < 4.78 is 24.7. The zero-order chi connectivity index (χ0) is 14.3. The lowest BCUT2D eigenvalue weighted by Crippen LogP contribution is -2.54. The lowest BCUT2D eigenvalue weighted by Gasteiger charge is -2.53. The summed E-state index contributed by atoms with van der Waals surface area (Å²) >= 11 is 0. The highest BCUT2D eigenvalue weighted by molar-refractivity contribution is 7.91. The molecule has 0 spiro atoms. The predicted molar refractivity (Wildman–Crippen MR) is 79.8 cm³/mol. The van der Waals surface area contributed by atoms with Gasteiger partial charge in [-0.2, -0.15) is 0 Å². The Morgan fingerprint density at radius 1 is 1.16 bits per heavy atom. The molecule has 0 aromatic heterocycles. The first-order chi connectivity index (χ1) is 8.73. The molecule has 106 valence electrons. The van der Waals surface area contributed by atoms with Gasteiger partial charge < -0.3 is 0 Å². The summed E-state index contributed by atoms with van der Waals surface area (Å²) in [6, 6.07) is 9.79. The van der Waals surface area contributed by atoms with Crippen LogP contribution in [0.5, 0.6) is 0 Å². The number of rotatable bonds is 2. The molecular weight excluding hydrogens is 256 g/mol. The number of hydrogen-bond donors (Lipinski definition) is 0. The van der Waals surface area contributed by atoms with E-state index in [0.29, 0.717) is 0 Å². The highest BCUT2D eigenvalue weighted by atomic mass is 32.2. The van der Waals surface area contributed by atoms with Crippen molar-refractivity contribution in [3.8, 4) is 0 Å². The van der Waals surface area contributed by atoms with Gasteiger partial charge >= 0.3 is 0 Å². The largest absolute Gasteiger partial charge is 0.228 e. The van der Waals surface area contributed by atoms with Crippen LogP contribution in [0.15, 0.2) is 30.3 Å². The van der Waals surface area contributed by atoms with Crippen LogP contribution in [0.4, 0.5) is 0 Å². The summed E-state index contributed by atoms with van der Waals surface area (Å²) in [6.45, 7) is 6.31. The van der Waals surface area contributed by atoms with Crippen molar-refractivity contribution in [3.63, 3.8) is 0 Å². The first kappa shape index (κ1) is 14.6. The van der Waals surface area contributed by atoms with Gasteiger partial charge in [-0.15, -0.1) is 0 Å². The van der Waals surface area contributed by atoms with Crippen LogP contribution in [-0.2, 0) is 14.6 Å². The van der Waals surface area contributed by atoms with Crippen molar-refractivity contribution in [2.24, 2.45) is 11.3 Å². The Morgan fingerprint density at radius 3 is 2.21 bits per heavy atom. The molecular formula is C16H24O2S. The van der Waals surface area contributed by atoms with Crippen molar-refractivity contribution in [2.75, 3.05) is 6.26 Å². The zero-order valence-electron chi connectivity index (χ0n) is 12.3. The van der Waals surface area contributed by atoms with E-state index in [2.05, 4.69) is 20.8 Å². The van der Waals surface area contributed by atoms with Crippen molar-refractivity contribution in [3.05, 3.63) is 35.9 Å². The van der Waals surface area contributed by atoms with Gasteiger partial charge in [-0.25, -0.2) is 8.42 Å². The van der Waals surface area contributed by atoms with Crippen molar-refractivity contribution in [2.45, 2.75) is 44.8 Å². The molecule has 0 unspecified atom stereocenters. The molecule has 1 aliphatic rings. The first-order valence-corrected chi connectivity index (χ1v) is 8.88. The second kappa shape index (κ2) is 4.62. The highest BCUT2D eigenvalue weighted by Crippen LogP contribution is 2.57. The van der Waals surface area contributed by atoms with Gasteiger partial charge in [0.25, 0.3) is 0 Å². The average Bonchev–Trinajstić information content (AvgIpc) is 2.27. The molecule has 1 aromatic carbocycles. The normalized spacial score (nSPS) is 31.1. The molecule has 0 heterocycles. The molecule has 1 aliphatic carbocycles. The van der Waals surface area contributed by atoms with Gasteiger partial charge in [-0.05, 0) is 29.7 Å². The third-order valence-corrected chi connectivity index (χ3v) is 7.29. The molecule has 0 saturated heterocycles. The third kappa shape index (κ3) is 2.03. The second-order valence-electron chi connectivity index (χ2n) is 6.55. The topological polar surface area (TPSA) is 34.1 Å². The van der Waals surface area contributed by atoms with Gasteiger partial charge in [0, 0.05) is 6.26 Å². The molecule has 1 aromatic rings. The summed E-state index contributed by atoms with van der Waals surface area (Å²) in [6.07, 6.45) is 4.45. The third-order valence-electron chi connectivity index (χ3n) is 4.93. The van der Waals surface area contributed by atoms with Gasteiger partial charge in [-0.1, -0.05) is 57.5 Å². The van der Waals surface area contributed by atoms with Crippen LogP contribution in [-0.4, -0.2) is 14.7 Å². The smallest absolute Gasteiger partial charge is 0.158 e. The fourth-order valence-electron chi connectivity index (χ4n) is 4.35. The predicted octanol–water partition coefficient (Wildman–Crippen LogP) is 3.77. The minimum Gasteiger partial charge on any atom is -0.228 e. The summed E-state index contributed by atoms with van der Waals surface area (Å²) in [7, 11) is -3.20. The van der Waals surface area contributed by atoms with E-state index in [1.165, 1.54) is 6.26 Å². The molecule has 2 nitrogen and oxygen atoms in total. The summed E-state index contributed by atoms with van der Waals surface area (Å²) in [4.78, 5) is 0. The van der Waals surface area contributed by atoms with Crippen molar-refractivity contribution in [1.29, 1.82) is 0 Å². The Kier molecular flexibility index (Phi) is 3.54. The van der Waals surface area contributed by atoms with Gasteiger partial charge in [0.2, 0.25) is 0 Å². The monoisotopic (exact) mass is 280 g/mol. The second-order valence-corrected chi connectivity index (χ2v) is 8.74. The van der Waals surface area contributed by atoms with Gasteiger partial charge in [-0.3, -0.25) is 0 Å². The highest BCUT2D eigenvalue weighted by Gasteiger charge is 2.58. The maximum atomic E-state index is 12.7. The van der Waals surface area contributed by atoms with Crippen LogP contribution >= 0.6 is 0 Å². The van der Waals surface area contributed by atoms with Gasteiger partial charge in [0.1, 0.15) is 4.75 Å². The molecule has 19 heavy (non-hydrogen) atoms. The summed E-state index contributed by atoms with van der Waals surface area (Å²) in [5.74, 6) is 0.147. The van der Waals surface area contributed by atoms with Gasteiger partial charge in [0.05, 0.1) is 0 Å². The minimum atomic E-state index is -3.20. The molecule has 2 atom stereocenters. The van der Waals surface area contributed by atoms with Crippen LogP contribution in [0.25, 0.3) is 0 Å². The molecule has 0 radical (unpaired) electrons. The minimum absolute atomic E-state index is 0.147. The van der Waals surface area contributed by atoms with Crippen LogP contribution in [0.2, 0.25) is 0 Å². The fourth-order valence-corrected chi connectivity index (χ4v) is 6.87. The molecule has 1 fully saturated rings. The van der Waals surface area contributed by atoms with E-state index in [0.717, 1.165) is 24.8 Å². The quantitative estimate of drug-likeness (QED) is 0.826. The maximum Gasteiger partial charge on any atom is 0.158 e. The van der Waals surface area contributed by atoms with E-state index in [-0.39, 0.29) is 11.3 Å². The standard InChI is InChI=1S/C16H24O2S/c1-13-9-8-12-15(2,3)16(13,19(4,17)18)14-10-6-5-7-11-14/h5-7,10-11,13H,8-9,12H2,1-4H3/t13-,16-/m0/s1.